The van der Waals surface area contributed by atoms with Crippen molar-refractivity contribution in [1.82, 2.24) is 0 Å². The Balaban J connectivity index is 1.38. The van der Waals surface area contributed by atoms with Gasteiger partial charge in [-0.1, -0.05) is 74.7 Å². The minimum Gasteiger partial charge on any atom is -0.494 e. The Morgan fingerprint density at radius 2 is 1.06 bits per heavy atom. The highest BCUT2D eigenvalue weighted by molar-refractivity contribution is 5.90. The summed E-state index contributed by atoms with van der Waals surface area (Å²) in [5, 5.41) is 0. The first-order valence-electron chi connectivity index (χ1n) is 16.9. The lowest BCUT2D eigenvalue weighted by molar-refractivity contribution is -0.390. The van der Waals surface area contributed by atoms with E-state index < -0.39 is 36.5 Å². The summed E-state index contributed by atoms with van der Waals surface area (Å²) in [7, 11) is 0. The first kappa shape index (κ1) is 42.2. The average Bonchev–Trinajstić information content (AvgIpc) is 3.11. The summed E-state index contributed by atoms with van der Waals surface area (Å²) < 4.78 is 131. The van der Waals surface area contributed by atoms with Crippen molar-refractivity contribution in [1.29, 1.82) is 0 Å². The number of hydrogen-bond donors (Lipinski definition) is 0. The van der Waals surface area contributed by atoms with Crippen LogP contribution in [0.2, 0.25) is 0 Å². The highest BCUT2D eigenvalue weighted by Gasteiger charge is 2.84. The van der Waals surface area contributed by atoms with Gasteiger partial charge < -0.3 is 14.2 Å². The molecule has 0 spiro atoms. The van der Waals surface area contributed by atoms with Crippen molar-refractivity contribution < 1.29 is 63.3 Å². The number of esters is 2. The summed E-state index contributed by atoms with van der Waals surface area (Å²) in [6.07, 6.45) is -0.838. The molecule has 52 heavy (non-hydrogen) atoms. The number of carbonyl (C=O) groups excluding carboxylic acids is 2. The number of halogens is 9. The summed E-state index contributed by atoms with van der Waals surface area (Å²) in [6.45, 7) is 3.43. The SMILES string of the molecule is CCCCCC[C@H](C)OC(=O)c1ccc(-c2ccc(-c3ccc(OCCCCCCOC(=O)C(F)(F)C(F)(F)C(F)(F)C(F)(F)F)cc3)cc2)cc1. The smallest absolute Gasteiger partial charge is 0.460 e. The number of alkyl halides is 9. The number of carbonyl (C=O) groups is 2. The van der Waals surface area contributed by atoms with Crippen LogP contribution >= 0.6 is 0 Å². The molecule has 0 aromatic heterocycles. The van der Waals surface area contributed by atoms with Crippen molar-refractivity contribution in [2.75, 3.05) is 13.2 Å². The van der Waals surface area contributed by atoms with Crippen molar-refractivity contribution in [3.05, 3.63) is 78.4 Å². The molecule has 0 heterocycles. The van der Waals surface area contributed by atoms with Gasteiger partial charge in [0.2, 0.25) is 0 Å². The van der Waals surface area contributed by atoms with Gasteiger partial charge >= 0.3 is 35.9 Å². The van der Waals surface area contributed by atoms with Gasteiger partial charge in [-0.2, -0.15) is 39.5 Å². The van der Waals surface area contributed by atoms with E-state index in [2.05, 4.69) is 11.7 Å². The van der Waals surface area contributed by atoms with Gasteiger partial charge in [0.05, 0.1) is 24.9 Å². The third kappa shape index (κ3) is 10.9. The fourth-order valence-corrected chi connectivity index (χ4v) is 5.07. The highest BCUT2D eigenvalue weighted by Crippen LogP contribution is 2.53. The summed E-state index contributed by atoms with van der Waals surface area (Å²) in [4.78, 5) is 23.8. The minimum absolute atomic E-state index is 0.130. The molecule has 286 valence electrons. The van der Waals surface area contributed by atoms with Gasteiger partial charge in [-0.15, -0.1) is 0 Å². The Kier molecular flexibility index (Phi) is 15.0. The first-order chi connectivity index (χ1) is 24.4. The van der Waals surface area contributed by atoms with Crippen LogP contribution in [0.15, 0.2) is 72.8 Å². The van der Waals surface area contributed by atoms with Gasteiger partial charge in [0.1, 0.15) is 5.75 Å². The van der Waals surface area contributed by atoms with Gasteiger partial charge in [0, 0.05) is 0 Å². The number of hydrogen-bond acceptors (Lipinski definition) is 5. The molecule has 0 saturated heterocycles. The van der Waals surface area contributed by atoms with Crippen molar-refractivity contribution in [3.63, 3.8) is 0 Å². The van der Waals surface area contributed by atoms with Gasteiger partial charge in [0.25, 0.3) is 0 Å². The van der Waals surface area contributed by atoms with Crippen molar-refractivity contribution in [3.8, 4) is 28.0 Å². The third-order valence-electron chi connectivity index (χ3n) is 8.24. The van der Waals surface area contributed by atoms with E-state index in [1.54, 1.807) is 24.3 Å². The molecule has 0 bridgehead atoms. The molecule has 0 unspecified atom stereocenters. The second-order valence-electron chi connectivity index (χ2n) is 12.4. The molecule has 3 aromatic rings. The third-order valence-corrected chi connectivity index (χ3v) is 8.24. The Labute approximate surface area is 296 Å². The lowest BCUT2D eigenvalue weighted by Gasteiger charge is -2.32. The molecule has 0 N–H and O–H groups in total. The van der Waals surface area contributed by atoms with Crippen LogP contribution in [0.5, 0.6) is 5.75 Å². The minimum atomic E-state index is -7.16. The molecule has 3 aromatic carbocycles. The summed E-state index contributed by atoms with van der Waals surface area (Å²) in [5.41, 5.74) is 4.30. The molecular weight excluding hydrogens is 707 g/mol. The topological polar surface area (TPSA) is 61.8 Å². The van der Waals surface area contributed by atoms with Gasteiger partial charge in [-0.3, -0.25) is 0 Å². The second-order valence-corrected chi connectivity index (χ2v) is 12.4. The molecule has 0 aliphatic rings. The van der Waals surface area contributed by atoms with Gasteiger partial charge in [0.15, 0.2) is 0 Å². The fourth-order valence-electron chi connectivity index (χ4n) is 5.07. The van der Waals surface area contributed by atoms with E-state index >= 15 is 0 Å². The lowest BCUT2D eigenvalue weighted by Crippen LogP contribution is -2.63. The highest BCUT2D eigenvalue weighted by atomic mass is 19.4. The standard InChI is InChI=1S/C38H41F9O5/c1-3-4-5-8-11-26(2)52-33(48)31-18-16-29(17-19-31)27-12-14-28(15-13-27)30-20-22-32(23-21-30)50-24-9-6-7-10-25-51-34(49)35(39,40)36(41,42)37(43,44)38(45,46)47/h12-23,26H,3-11,24-25H2,1-2H3/t26-/m0/s1. The van der Waals surface area contributed by atoms with Crippen LogP contribution in [0.25, 0.3) is 22.3 Å². The van der Waals surface area contributed by atoms with Crippen LogP contribution < -0.4 is 4.74 Å². The molecule has 0 radical (unpaired) electrons. The van der Waals surface area contributed by atoms with E-state index in [4.69, 9.17) is 9.47 Å². The molecule has 14 heteroatoms. The quantitative estimate of drug-likeness (QED) is 0.0654. The van der Waals surface area contributed by atoms with E-state index in [0.717, 1.165) is 47.9 Å². The second kappa shape index (κ2) is 18.5. The van der Waals surface area contributed by atoms with Crippen LogP contribution in [0.1, 0.15) is 82.0 Å². The van der Waals surface area contributed by atoms with Crippen LogP contribution in [0, 0.1) is 0 Å². The Morgan fingerprint density at radius 1 is 0.596 bits per heavy atom. The largest absolute Gasteiger partial charge is 0.494 e. The molecular formula is C38H41F9O5. The van der Waals surface area contributed by atoms with Crippen molar-refractivity contribution in [2.45, 2.75) is 102 Å². The monoisotopic (exact) mass is 748 g/mol. The molecule has 0 aliphatic carbocycles. The Bertz CT molecular complexity index is 1560. The fraction of sp³-hybridized carbons (Fsp3) is 0.474. The van der Waals surface area contributed by atoms with E-state index in [-0.39, 0.29) is 31.5 Å². The zero-order valence-electron chi connectivity index (χ0n) is 28.7. The molecule has 5 nitrogen and oxygen atoms in total. The summed E-state index contributed by atoms with van der Waals surface area (Å²) in [5.74, 6) is -23.6. The molecule has 0 aliphatic heterocycles. The van der Waals surface area contributed by atoms with E-state index in [9.17, 15) is 49.1 Å². The van der Waals surface area contributed by atoms with Crippen LogP contribution in [0.3, 0.4) is 0 Å². The van der Waals surface area contributed by atoms with Crippen molar-refractivity contribution in [2.24, 2.45) is 0 Å². The van der Waals surface area contributed by atoms with Crippen LogP contribution in [-0.2, 0) is 14.3 Å². The van der Waals surface area contributed by atoms with E-state index in [1.807, 2.05) is 55.5 Å². The normalized spacial score (nSPS) is 13.1. The van der Waals surface area contributed by atoms with Gasteiger partial charge in [-0.05, 0) is 92.0 Å². The first-order valence-corrected chi connectivity index (χ1v) is 16.9. The zero-order valence-corrected chi connectivity index (χ0v) is 28.7. The Morgan fingerprint density at radius 3 is 1.56 bits per heavy atom. The molecule has 0 fully saturated rings. The number of benzene rings is 3. The molecule has 0 amide bonds. The molecule has 0 saturated carbocycles. The predicted molar refractivity (Wildman–Crippen MR) is 177 cm³/mol. The van der Waals surface area contributed by atoms with Gasteiger partial charge in [-0.25, -0.2) is 9.59 Å². The zero-order chi connectivity index (χ0) is 38.6. The van der Waals surface area contributed by atoms with E-state index in [0.29, 0.717) is 24.2 Å². The predicted octanol–water partition coefficient (Wildman–Crippen LogP) is 11.5. The number of ether oxygens (including phenoxy) is 3. The maximum atomic E-state index is 13.5. The van der Waals surface area contributed by atoms with Crippen LogP contribution in [0.4, 0.5) is 39.5 Å². The van der Waals surface area contributed by atoms with Crippen molar-refractivity contribution >= 4 is 11.9 Å². The maximum Gasteiger partial charge on any atom is 0.460 e. The molecule has 3 rings (SSSR count). The Hall–Kier alpha value is -4.23. The number of unbranched alkanes of at least 4 members (excludes halogenated alkanes) is 6. The number of rotatable bonds is 20. The van der Waals surface area contributed by atoms with Crippen LogP contribution in [-0.4, -0.2) is 55.2 Å². The van der Waals surface area contributed by atoms with E-state index in [1.165, 1.54) is 6.42 Å². The lowest BCUT2D eigenvalue weighted by atomic mass is 9.99. The average molecular weight is 749 g/mol. The molecule has 1 atom stereocenters. The summed E-state index contributed by atoms with van der Waals surface area (Å²) >= 11 is 0. The summed E-state index contributed by atoms with van der Waals surface area (Å²) in [6, 6.07) is 22.4. The maximum absolute atomic E-state index is 13.5.